The number of benzene rings is 1. The first-order chi connectivity index (χ1) is 12.5. The molecule has 0 heterocycles. The number of hydrogen-bond donors (Lipinski definition) is 2. The fraction of sp³-hybridized carbons (Fsp3) is 0.619. The number of amides is 2. The van der Waals surface area contributed by atoms with Crippen molar-refractivity contribution in [2.75, 3.05) is 19.7 Å². The molecule has 0 aromatic heterocycles. The number of aryl methyl sites for hydroxylation is 1. The van der Waals surface area contributed by atoms with E-state index in [1.165, 1.54) is 6.42 Å². The maximum Gasteiger partial charge on any atom is 0.258 e. The zero-order valence-electron chi connectivity index (χ0n) is 16.3. The maximum absolute atomic E-state index is 12.0. The highest BCUT2D eigenvalue weighted by atomic mass is 16.5. The Hall–Kier alpha value is -2.04. The van der Waals surface area contributed by atoms with E-state index in [1.54, 1.807) is 0 Å². The molecule has 5 heteroatoms. The Labute approximate surface area is 156 Å². The molecule has 144 valence electrons. The van der Waals surface area contributed by atoms with Crippen molar-refractivity contribution in [2.45, 2.75) is 58.8 Å². The molecule has 0 bridgehead atoms. The SMILES string of the molecule is Cc1ccc(C(C)C)c(OCC(=O)NCCNC(=O)C2CCCCC2)c1. The van der Waals surface area contributed by atoms with E-state index in [0.29, 0.717) is 19.0 Å². The minimum absolute atomic E-state index is 0.0141. The first-order valence-corrected chi connectivity index (χ1v) is 9.75. The van der Waals surface area contributed by atoms with Gasteiger partial charge in [0.1, 0.15) is 5.75 Å². The zero-order chi connectivity index (χ0) is 18.9. The number of nitrogens with one attached hydrogen (secondary N) is 2. The molecule has 1 aromatic rings. The van der Waals surface area contributed by atoms with Crippen LogP contribution in [0.5, 0.6) is 5.75 Å². The lowest BCUT2D eigenvalue weighted by Gasteiger charge is -2.20. The third-order valence-corrected chi connectivity index (χ3v) is 4.87. The van der Waals surface area contributed by atoms with E-state index in [9.17, 15) is 9.59 Å². The molecule has 2 amide bonds. The Kier molecular flexibility index (Phi) is 7.95. The van der Waals surface area contributed by atoms with Crippen LogP contribution in [0.2, 0.25) is 0 Å². The second-order valence-electron chi connectivity index (χ2n) is 7.46. The third-order valence-electron chi connectivity index (χ3n) is 4.87. The normalized spacial score (nSPS) is 14.9. The number of ether oxygens (including phenoxy) is 1. The molecule has 2 N–H and O–H groups in total. The monoisotopic (exact) mass is 360 g/mol. The van der Waals surface area contributed by atoms with E-state index in [1.807, 2.05) is 19.1 Å². The molecule has 26 heavy (non-hydrogen) atoms. The minimum atomic E-state index is -0.173. The molecule has 0 unspecified atom stereocenters. The second kappa shape index (κ2) is 10.2. The van der Waals surface area contributed by atoms with Crippen LogP contribution in [-0.4, -0.2) is 31.5 Å². The smallest absolute Gasteiger partial charge is 0.258 e. The second-order valence-corrected chi connectivity index (χ2v) is 7.46. The highest BCUT2D eigenvalue weighted by Gasteiger charge is 2.20. The van der Waals surface area contributed by atoms with Crippen molar-refractivity contribution in [3.63, 3.8) is 0 Å². The highest BCUT2D eigenvalue weighted by molar-refractivity contribution is 5.79. The predicted molar refractivity (Wildman–Crippen MR) is 103 cm³/mol. The van der Waals surface area contributed by atoms with E-state index in [2.05, 4.69) is 30.5 Å². The largest absolute Gasteiger partial charge is 0.483 e. The summed E-state index contributed by atoms with van der Waals surface area (Å²) in [6.45, 7) is 7.08. The maximum atomic E-state index is 12.0. The van der Waals surface area contributed by atoms with Crippen LogP contribution in [0.3, 0.4) is 0 Å². The highest BCUT2D eigenvalue weighted by Crippen LogP contribution is 2.27. The molecule has 5 nitrogen and oxygen atoms in total. The molecule has 1 aromatic carbocycles. The van der Waals surface area contributed by atoms with Crippen LogP contribution in [-0.2, 0) is 9.59 Å². The quantitative estimate of drug-likeness (QED) is 0.699. The molecule has 0 saturated heterocycles. The molecule has 1 fully saturated rings. The van der Waals surface area contributed by atoms with E-state index >= 15 is 0 Å². The summed E-state index contributed by atoms with van der Waals surface area (Å²) in [6, 6.07) is 6.07. The van der Waals surface area contributed by atoms with Gasteiger partial charge in [-0.05, 0) is 42.9 Å². The molecule has 2 rings (SSSR count). The molecule has 0 spiro atoms. The van der Waals surface area contributed by atoms with Crippen LogP contribution in [0.25, 0.3) is 0 Å². The average molecular weight is 360 g/mol. The Bertz CT molecular complexity index is 607. The zero-order valence-corrected chi connectivity index (χ0v) is 16.3. The van der Waals surface area contributed by atoms with Crippen LogP contribution >= 0.6 is 0 Å². The van der Waals surface area contributed by atoms with Gasteiger partial charge in [0.25, 0.3) is 5.91 Å². The lowest BCUT2D eigenvalue weighted by Crippen LogP contribution is -2.39. The number of rotatable bonds is 8. The van der Waals surface area contributed by atoms with Crippen LogP contribution in [0.15, 0.2) is 18.2 Å². The Morgan fingerprint density at radius 3 is 2.50 bits per heavy atom. The number of hydrogen-bond acceptors (Lipinski definition) is 3. The molecule has 0 aliphatic heterocycles. The molecular weight excluding hydrogens is 328 g/mol. The van der Waals surface area contributed by atoms with Gasteiger partial charge in [-0.2, -0.15) is 0 Å². The molecular formula is C21H32N2O3. The molecule has 0 radical (unpaired) electrons. The molecule has 1 saturated carbocycles. The van der Waals surface area contributed by atoms with Gasteiger partial charge in [-0.15, -0.1) is 0 Å². The summed E-state index contributed by atoms with van der Waals surface area (Å²) >= 11 is 0. The van der Waals surface area contributed by atoms with Crippen molar-refractivity contribution >= 4 is 11.8 Å². The Balaban J connectivity index is 1.68. The van der Waals surface area contributed by atoms with Crippen LogP contribution in [0, 0.1) is 12.8 Å². The number of carbonyl (C=O) groups excluding carboxylic acids is 2. The molecule has 1 aliphatic rings. The number of carbonyl (C=O) groups is 2. The lowest BCUT2D eigenvalue weighted by molar-refractivity contribution is -0.126. The fourth-order valence-corrected chi connectivity index (χ4v) is 3.33. The van der Waals surface area contributed by atoms with E-state index in [4.69, 9.17) is 4.74 Å². The van der Waals surface area contributed by atoms with Crippen LogP contribution in [0.1, 0.15) is 63.0 Å². The summed E-state index contributed by atoms with van der Waals surface area (Å²) < 4.78 is 5.72. The van der Waals surface area contributed by atoms with Gasteiger partial charge < -0.3 is 15.4 Å². The van der Waals surface area contributed by atoms with Crippen molar-refractivity contribution in [1.82, 2.24) is 10.6 Å². The van der Waals surface area contributed by atoms with Gasteiger partial charge >= 0.3 is 0 Å². The first-order valence-electron chi connectivity index (χ1n) is 9.75. The summed E-state index contributed by atoms with van der Waals surface area (Å²) in [5.74, 6) is 1.20. The van der Waals surface area contributed by atoms with Crippen molar-refractivity contribution in [3.05, 3.63) is 29.3 Å². The van der Waals surface area contributed by atoms with Crippen molar-refractivity contribution in [2.24, 2.45) is 5.92 Å². The molecule has 1 aliphatic carbocycles. The van der Waals surface area contributed by atoms with Crippen molar-refractivity contribution < 1.29 is 14.3 Å². The van der Waals surface area contributed by atoms with Gasteiger partial charge in [-0.3, -0.25) is 9.59 Å². The fourth-order valence-electron chi connectivity index (χ4n) is 3.33. The third kappa shape index (κ3) is 6.36. The Morgan fingerprint density at radius 2 is 1.81 bits per heavy atom. The van der Waals surface area contributed by atoms with Crippen LogP contribution < -0.4 is 15.4 Å². The average Bonchev–Trinajstić information content (AvgIpc) is 2.64. The summed E-state index contributed by atoms with van der Waals surface area (Å²) in [4.78, 5) is 24.0. The predicted octanol–water partition coefficient (Wildman–Crippen LogP) is 3.31. The van der Waals surface area contributed by atoms with E-state index < -0.39 is 0 Å². The van der Waals surface area contributed by atoms with E-state index in [-0.39, 0.29) is 24.3 Å². The Morgan fingerprint density at radius 1 is 1.12 bits per heavy atom. The summed E-state index contributed by atoms with van der Waals surface area (Å²) in [5, 5.41) is 5.71. The molecule has 0 atom stereocenters. The van der Waals surface area contributed by atoms with Gasteiger partial charge in [-0.25, -0.2) is 0 Å². The van der Waals surface area contributed by atoms with E-state index in [0.717, 1.165) is 42.6 Å². The van der Waals surface area contributed by atoms with Gasteiger partial charge in [-0.1, -0.05) is 45.2 Å². The summed E-state index contributed by atoms with van der Waals surface area (Å²) in [6.07, 6.45) is 5.49. The minimum Gasteiger partial charge on any atom is -0.483 e. The van der Waals surface area contributed by atoms with Gasteiger partial charge in [0.15, 0.2) is 6.61 Å². The van der Waals surface area contributed by atoms with Crippen molar-refractivity contribution in [1.29, 1.82) is 0 Å². The van der Waals surface area contributed by atoms with Gasteiger partial charge in [0.2, 0.25) is 5.91 Å². The van der Waals surface area contributed by atoms with Gasteiger partial charge in [0, 0.05) is 19.0 Å². The van der Waals surface area contributed by atoms with Crippen molar-refractivity contribution in [3.8, 4) is 5.75 Å². The summed E-state index contributed by atoms with van der Waals surface area (Å²) in [7, 11) is 0. The standard InChI is InChI=1S/C21H32N2O3/c1-15(2)18-10-9-16(3)13-19(18)26-14-20(24)22-11-12-23-21(25)17-7-5-4-6-8-17/h9-10,13,15,17H,4-8,11-12,14H2,1-3H3,(H,22,24)(H,23,25). The topological polar surface area (TPSA) is 67.4 Å². The first kappa shape index (κ1) is 20.3. The summed E-state index contributed by atoms with van der Waals surface area (Å²) in [5.41, 5.74) is 2.21. The van der Waals surface area contributed by atoms with Crippen LogP contribution in [0.4, 0.5) is 0 Å². The lowest BCUT2D eigenvalue weighted by atomic mass is 9.89. The van der Waals surface area contributed by atoms with Gasteiger partial charge in [0.05, 0.1) is 0 Å².